The zero-order valence-corrected chi connectivity index (χ0v) is 10.6. The van der Waals surface area contributed by atoms with Gasteiger partial charge in [-0.15, -0.1) is 0 Å². The first-order chi connectivity index (χ1) is 6.94. The molecule has 1 unspecified atom stereocenters. The summed E-state index contributed by atoms with van der Waals surface area (Å²) in [5, 5.41) is 4.14. The summed E-state index contributed by atoms with van der Waals surface area (Å²) in [4.78, 5) is 0. The van der Waals surface area contributed by atoms with E-state index >= 15 is 0 Å². The monoisotopic (exact) mass is 228 g/mol. The number of rotatable bonds is 4. The Hall–Kier alpha value is -0.520. The summed E-state index contributed by atoms with van der Waals surface area (Å²) in [5.74, 6) is 6.50. The third-order valence-corrected chi connectivity index (χ3v) is 3.47. The molecule has 0 aliphatic rings. The third-order valence-electron chi connectivity index (χ3n) is 2.10. The fourth-order valence-corrected chi connectivity index (χ4v) is 2.21. The van der Waals surface area contributed by atoms with Crippen molar-refractivity contribution in [1.82, 2.24) is 15.2 Å². The van der Waals surface area contributed by atoms with E-state index < -0.39 is 0 Å². The lowest BCUT2D eigenvalue weighted by molar-refractivity contribution is 0.553. The van der Waals surface area contributed by atoms with Gasteiger partial charge in [-0.3, -0.25) is 16.0 Å². The van der Waals surface area contributed by atoms with Gasteiger partial charge >= 0.3 is 0 Å². The predicted molar refractivity (Wildman–Crippen MR) is 65.5 cm³/mol. The molecular formula is C10H20N4S. The van der Waals surface area contributed by atoms with Crippen LogP contribution in [0.4, 0.5) is 0 Å². The first-order valence-corrected chi connectivity index (χ1v) is 6.00. The van der Waals surface area contributed by atoms with Crippen LogP contribution < -0.4 is 11.3 Å². The number of hydrogen-bond acceptors (Lipinski definition) is 4. The number of thioether (sulfide) groups is 1. The Morgan fingerprint density at radius 1 is 1.60 bits per heavy atom. The van der Waals surface area contributed by atoms with Crippen molar-refractivity contribution in [3.05, 3.63) is 18.0 Å². The van der Waals surface area contributed by atoms with Crippen molar-refractivity contribution in [2.45, 2.75) is 31.6 Å². The second kappa shape index (κ2) is 5.01. The SMILES string of the molecule is Cn1nccc1C(CSC(C)(C)C)NN. The number of nitrogens with one attached hydrogen (secondary N) is 1. The average Bonchev–Trinajstić information content (AvgIpc) is 2.52. The molecule has 0 fully saturated rings. The largest absolute Gasteiger partial charge is 0.271 e. The molecule has 1 aromatic rings. The topological polar surface area (TPSA) is 55.9 Å². The number of hydrazine groups is 1. The average molecular weight is 228 g/mol. The minimum Gasteiger partial charge on any atom is -0.271 e. The third kappa shape index (κ3) is 3.85. The molecule has 1 atom stereocenters. The number of aryl methyl sites for hydroxylation is 1. The Morgan fingerprint density at radius 3 is 2.67 bits per heavy atom. The summed E-state index contributed by atoms with van der Waals surface area (Å²) in [6.07, 6.45) is 1.79. The highest BCUT2D eigenvalue weighted by Crippen LogP contribution is 2.27. The van der Waals surface area contributed by atoms with Crippen molar-refractivity contribution in [2.75, 3.05) is 5.75 Å². The van der Waals surface area contributed by atoms with Gasteiger partial charge in [0.25, 0.3) is 0 Å². The molecule has 0 radical (unpaired) electrons. The van der Waals surface area contributed by atoms with Crippen LogP contribution >= 0.6 is 11.8 Å². The molecule has 86 valence electrons. The van der Waals surface area contributed by atoms with Crippen molar-refractivity contribution in [2.24, 2.45) is 12.9 Å². The molecule has 0 bridgehead atoms. The standard InChI is InChI=1S/C10H20N4S/c1-10(2,3)15-7-8(13-11)9-5-6-12-14(9)4/h5-6,8,13H,7,11H2,1-4H3. The Kier molecular flexibility index (Phi) is 4.19. The van der Waals surface area contributed by atoms with Crippen molar-refractivity contribution >= 4 is 11.8 Å². The van der Waals surface area contributed by atoms with Gasteiger partial charge in [0.1, 0.15) is 0 Å². The maximum Gasteiger partial charge on any atom is 0.0719 e. The molecule has 0 saturated carbocycles. The summed E-state index contributed by atoms with van der Waals surface area (Å²) in [6, 6.07) is 2.15. The molecule has 4 nitrogen and oxygen atoms in total. The first-order valence-electron chi connectivity index (χ1n) is 5.02. The van der Waals surface area contributed by atoms with Gasteiger partial charge in [0.05, 0.1) is 11.7 Å². The smallest absolute Gasteiger partial charge is 0.0719 e. The summed E-state index contributed by atoms with van der Waals surface area (Å²) >= 11 is 1.89. The molecule has 0 aliphatic carbocycles. The molecule has 1 heterocycles. The highest BCUT2D eigenvalue weighted by molar-refractivity contribution is 8.00. The summed E-state index contributed by atoms with van der Waals surface area (Å²) in [5.41, 5.74) is 3.96. The van der Waals surface area contributed by atoms with E-state index in [1.54, 1.807) is 6.20 Å². The van der Waals surface area contributed by atoms with E-state index in [1.165, 1.54) is 0 Å². The minimum atomic E-state index is 0.154. The molecule has 0 aromatic carbocycles. The van der Waals surface area contributed by atoms with Crippen LogP contribution in [0.1, 0.15) is 32.5 Å². The van der Waals surface area contributed by atoms with Crippen molar-refractivity contribution in [3.8, 4) is 0 Å². The molecule has 3 N–H and O–H groups in total. The van der Waals surface area contributed by atoms with E-state index in [1.807, 2.05) is 29.6 Å². The van der Waals surface area contributed by atoms with Gasteiger partial charge in [0.2, 0.25) is 0 Å². The van der Waals surface area contributed by atoms with Crippen molar-refractivity contribution in [1.29, 1.82) is 0 Å². The van der Waals surface area contributed by atoms with E-state index in [0.717, 1.165) is 11.4 Å². The minimum absolute atomic E-state index is 0.154. The zero-order chi connectivity index (χ0) is 11.5. The second-order valence-electron chi connectivity index (χ2n) is 4.52. The predicted octanol–water partition coefficient (Wildman–Crippen LogP) is 1.46. The Morgan fingerprint density at radius 2 is 2.27 bits per heavy atom. The van der Waals surface area contributed by atoms with E-state index in [4.69, 9.17) is 5.84 Å². The fourth-order valence-electron chi connectivity index (χ4n) is 1.28. The van der Waals surface area contributed by atoms with Crippen LogP contribution in [0.2, 0.25) is 0 Å². The molecule has 0 aliphatic heterocycles. The maximum absolute atomic E-state index is 5.56. The van der Waals surface area contributed by atoms with Gasteiger partial charge in [-0.1, -0.05) is 20.8 Å². The molecule has 5 heteroatoms. The van der Waals surface area contributed by atoms with Gasteiger partial charge in [0.15, 0.2) is 0 Å². The van der Waals surface area contributed by atoms with Crippen LogP contribution in [0, 0.1) is 0 Å². The van der Waals surface area contributed by atoms with Crippen LogP contribution in [0.3, 0.4) is 0 Å². The van der Waals surface area contributed by atoms with Gasteiger partial charge < -0.3 is 0 Å². The molecule has 0 amide bonds. The number of nitrogens with zero attached hydrogens (tertiary/aromatic N) is 2. The lowest BCUT2D eigenvalue weighted by Crippen LogP contribution is -2.32. The quantitative estimate of drug-likeness (QED) is 0.605. The maximum atomic E-state index is 5.56. The van der Waals surface area contributed by atoms with Crippen LogP contribution in [-0.4, -0.2) is 20.3 Å². The first kappa shape index (κ1) is 12.5. The van der Waals surface area contributed by atoms with Crippen molar-refractivity contribution in [3.63, 3.8) is 0 Å². The molecule has 1 rings (SSSR count). The lowest BCUT2D eigenvalue weighted by atomic mass is 10.2. The van der Waals surface area contributed by atoms with Crippen LogP contribution in [0.5, 0.6) is 0 Å². The fraction of sp³-hybridized carbons (Fsp3) is 0.700. The normalized spacial score (nSPS) is 14.2. The zero-order valence-electron chi connectivity index (χ0n) is 9.82. The number of hydrogen-bond donors (Lipinski definition) is 2. The lowest BCUT2D eigenvalue weighted by Gasteiger charge is -2.22. The molecule has 0 saturated heterocycles. The number of aromatic nitrogens is 2. The number of nitrogens with two attached hydrogens (primary N) is 1. The Bertz CT molecular complexity index is 303. The molecule has 15 heavy (non-hydrogen) atoms. The highest BCUT2D eigenvalue weighted by atomic mass is 32.2. The van der Waals surface area contributed by atoms with Crippen LogP contribution in [0.15, 0.2) is 12.3 Å². The molecular weight excluding hydrogens is 208 g/mol. The Balaban J connectivity index is 2.61. The van der Waals surface area contributed by atoms with Crippen LogP contribution in [0.25, 0.3) is 0 Å². The molecule has 0 spiro atoms. The Labute approximate surface area is 95.6 Å². The van der Waals surface area contributed by atoms with E-state index in [9.17, 15) is 0 Å². The molecule has 1 aromatic heterocycles. The highest BCUT2D eigenvalue weighted by Gasteiger charge is 2.18. The van der Waals surface area contributed by atoms with Crippen molar-refractivity contribution < 1.29 is 0 Å². The summed E-state index contributed by atoms with van der Waals surface area (Å²) in [7, 11) is 1.93. The van der Waals surface area contributed by atoms with Gasteiger partial charge in [-0.05, 0) is 6.07 Å². The van der Waals surface area contributed by atoms with Gasteiger partial charge in [-0.25, -0.2) is 0 Å². The van der Waals surface area contributed by atoms with E-state index in [-0.39, 0.29) is 10.8 Å². The van der Waals surface area contributed by atoms with E-state index in [2.05, 4.69) is 31.3 Å². The van der Waals surface area contributed by atoms with Gasteiger partial charge in [-0.2, -0.15) is 16.9 Å². The summed E-state index contributed by atoms with van der Waals surface area (Å²) < 4.78 is 2.11. The van der Waals surface area contributed by atoms with E-state index in [0.29, 0.717) is 0 Å². The van der Waals surface area contributed by atoms with Gasteiger partial charge in [0, 0.05) is 23.7 Å². The van der Waals surface area contributed by atoms with Crippen LogP contribution in [-0.2, 0) is 7.05 Å². The summed E-state index contributed by atoms with van der Waals surface area (Å²) in [6.45, 7) is 6.61. The second-order valence-corrected chi connectivity index (χ2v) is 6.37.